The second-order valence-corrected chi connectivity index (χ2v) is 7.32. The van der Waals surface area contributed by atoms with Crippen LogP contribution in [0.25, 0.3) is 0 Å². The Morgan fingerprint density at radius 1 is 1.36 bits per heavy atom. The molecule has 1 atom stereocenters. The normalized spacial score (nSPS) is 19.6. The molecule has 0 aliphatic carbocycles. The van der Waals surface area contributed by atoms with E-state index in [0.717, 1.165) is 17.5 Å². The maximum atomic E-state index is 13.5. The zero-order valence-electron chi connectivity index (χ0n) is 16.6. The molecule has 0 fully saturated rings. The van der Waals surface area contributed by atoms with E-state index in [0.29, 0.717) is 24.7 Å². The fraction of sp³-hybridized carbons (Fsp3) is 0.550. The summed E-state index contributed by atoms with van der Waals surface area (Å²) >= 11 is 0. The third kappa shape index (κ3) is 4.60. The lowest BCUT2D eigenvalue weighted by Crippen LogP contribution is -2.61. The second kappa shape index (κ2) is 8.43. The molecule has 0 saturated carbocycles. The first-order chi connectivity index (χ1) is 13.0. The van der Waals surface area contributed by atoms with Gasteiger partial charge < -0.3 is 9.84 Å². The largest absolute Gasteiger partial charge is 0.483 e. The van der Waals surface area contributed by atoms with E-state index >= 15 is 0 Å². The zero-order chi connectivity index (χ0) is 21.1. The van der Waals surface area contributed by atoms with Crippen molar-refractivity contribution in [2.45, 2.75) is 64.8 Å². The van der Waals surface area contributed by atoms with Crippen LogP contribution < -0.4 is 10.2 Å². The Bertz CT molecular complexity index is 747. The average Bonchev–Trinajstić information content (AvgIpc) is 2.95. The highest BCUT2D eigenvalue weighted by Crippen LogP contribution is 2.38. The number of alkyl halides is 3. The second-order valence-electron chi connectivity index (χ2n) is 7.32. The van der Waals surface area contributed by atoms with Gasteiger partial charge in [-0.2, -0.15) is 13.2 Å². The highest BCUT2D eigenvalue weighted by molar-refractivity contribution is 5.79. The van der Waals surface area contributed by atoms with Crippen LogP contribution in [0.1, 0.15) is 57.1 Å². The van der Waals surface area contributed by atoms with Gasteiger partial charge in [0.15, 0.2) is 6.61 Å². The van der Waals surface area contributed by atoms with Crippen molar-refractivity contribution in [2.75, 3.05) is 6.61 Å². The minimum Gasteiger partial charge on any atom is -0.483 e. The summed E-state index contributed by atoms with van der Waals surface area (Å²) in [6.45, 7) is 7.02. The van der Waals surface area contributed by atoms with Gasteiger partial charge in [-0.25, -0.2) is 5.01 Å². The molecule has 1 aromatic carbocycles. The van der Waals surface area contributed by atoms with Crippen LogP contribution in [-0.2, 0) is 4.79 Å². The number of carbonyl (C=O) groups excluding carboxylic acids is 1. The number of nitrogens with zero attached hydrogens (tertiary/aromatic N) is 1. The van der Waals surface area contributed by atoms with Gasteiger partial charge in [-0.1, -0.05) is 39.3 Å². The van der Waals surface area contributed by atoms with Gasteiger partial charge in [-0.15, -0.1) is 0 Å². The Kier molecular flexibility index (Phi) is 6.64. The molecule has 0 aromatic heterocycles. The topological polar surface area (TPSA) is 61.8 Å². The number of hydrogen-bond donors (Lipinski definition) is 2. The van der Waals surface area contributed by atoms with Crippen molar-refractivity contribution in [3.05, 3.63) is 41.1 Å². The molecule has 1 aliphatic rings. The maximum Gasteiger partial charge on any atom is 0.442 e. The van der Waals surface area contributed by atoms with Crippen molar-refractivity contribution in [1.29, 1.82) is 0 Å². The van der Waals surface area contributed by atoms with Gasteiger partial charge in [-0.05, 0) is 49.0 Å². The molecule has 2 rings (SSSR count). The molecule has 156 valence electrons. The van der Waals surface area contributed by atoms with E-state index in [1.807, 2.05) is 39.8 Å². The zero-order valence-corrected chi connectivity index (χ0v) is 16.6. The number of halogens is 3. The molecule has 0 bridgehead atoms. The van der Waals surface area contributed by atoms with Gasteiger partial charge in [0.1, 0.15) is 5.75 Å². The summed E-state index contributed by atoms with van der Waals surface area (Å²) in [5.41, 5.74) is 0.916. The van der Waals surface area contributed by atoms with Gasteiger partial charge in [0.25, 0.3) is 11.6 Å². The summed E-state index contributed by atoms with van der Waals surface area (Å²) in [6.07, 6.45) is -2.68. The van der Waals surface area contributed by atoms with E-state index in [9.17, 15) is 23.1 Å². The molecule has 0 saturated heterocycles. The standard InChI is InChI=1S/C20H27F3N2O3/c1-5-6-7-15-11-19(27,20(21,22)23)25(24-15)18(26)12-28-17-10-14(4)8-9-16(17)13(2)3/h8-11,13,24,27H,5-7,12H2,1-4H3/t19-/m1/s1. The van der Waals surface area contributed by atoms with Crippen molar-refractivity contribution in [3.63, 3.8) is 0 Å². The lowest BCUT2D eigenvalue weighted by Gasteiger charge is -2.33. The van der Waals surface area contributed by atoms with Gasteiger partial charge in [0, 0.05) is 5.70 Å². The Labute approximate surface area is 163 Å². The van der Waals surface area contributed by atoms with E-state index in [1.165, 1.54) is 0 Å². The fourth-order valence-corrected chi connectivity index (χ4v) is 2.97. The molecular formula is C20H27F3N2O3. The van der Waals surface area contributed by atoms with Crippen molar-refractivity contribution < 1.29 is 27.8 Å². The third-order valence-electron chi connectivity index (χ3n) is 4.58. The molecule has 8 heteroatoms. The highest BCUT2D eigenvalue weighted by Gasteiger charge is 2.61. The highest BCUT2D eigenvalue weighted by atomic mass is 19.4. The molecule has 28 heavy (non-hydrogen) atoms. The number of allylic oxidation sites excluding steroid dienone is 1. The Morgan fingerprint density at radius 2 is 2.04 bits per heavy atom. The number of benzene rings is 1. The van der Waals surface area contributed by atoms with E-state index in [2.05, 4.69) is 5.43 Å². The Balaban J connectivity index is 2.18. The van der Waals surface area contributed by atoms with Gasteiger partial charge in [-0.3, -0.25) is 10.2 Å². The van der Waals surface area contributed by atoms with Gasteiger partial charge in [0.2, 0.25) is 0 Å². The quantitative estimate of drug-likeness (QED) is 0.721. The summed E-state index contributed by atoms with van der Waals surface area (Å²) in [6, 6.07) is 5.50. The third-order valence-corrected chi connectivity index (χ3v) is 4.58. The van der Waals surface area contributed by atoms with E-state index < -0.39 is 24.4 Å². The summed E-state index contributed by atoms with van der Waals surface area (Å²) < 4.78 is 45.9. The Morgan fingerprint density at radius 3 is 2.61 bits per heavy atom. The monoisotopic (exact) mass is 400 g/mol. The molecule has 1 aliphatic heterocycles. The van der Waals surface area contributed by atoms with Crippen LogP contribution >= 0.6 is 0 Å². The number of rotatable bonds is 7. The van der Waals surface area contributed by atoms with E-state index in [4.69, 9.17) is 4.74 Å². The van der Waals surface area contributed by atoms with Crippen molar-refractivity contribution in [1.82, 2.24) is 10.4 Å². The number of nitrogens with one attached hydrogen (secondary N) is 1. The van der Waals surface area contributed by atoms with Crippen LogP contribution in [0, 0.1) is 6.92 Å². The van der Waals surface area contributed by atoms with Crippen LogP contribution in [-0.4, -0.2) is 34.5 Å². The first-order valence-electron chi connectivity index (χ1n) is 9.33. The number of hydrogen-bond acceptors (Lipinski definition) is 4. The van der Waals surface area contributed by atoms with Crippen LogP contribution in [0.4, 0.5) is 13.2 Å². The number of unbranched alkanes of at least 4 members (excludes halogenated alkanes) is 1. The molecule has 5 nitrogen and oxygen atoms in total. The van der Waals surface area contributed by atoms with Crippen LogP contribution in [0.2, 0.25) is 0 Å². The lowest BCUT2D eigenvalue weighted by atomic mass is 10.0. The smallest absolute Gasteiger partial charge is 0.442 e. The first-order valence-corrected chi connectivity index (χ1v) is 9.33. The number of carbonyl (C=O) groups is 1. The predicted molar refractivity (Wildman–Crippen MR) is 99.4 cm³/mol. The molecule has 0 spiro atoms. The molecule has 2 N–H and O–H groups in total. The summed E-state index contributed by atoms with van der Waals surface area (Å²) in [5, 5.41) is 10.4. The molecule has 0 unspecified atom stereocenters. The summed E-state index contributed by atoms with van der Waals surface area (Å²) in [5.74, 6) is -0.457. The lowest BCUT2D eigenvalue weighted by molar-refractivity contribution is -0.289. The molecule has 0 radical (unpaired) electrons. The number of amides is 1. The van der Waals surface area contributed by atoms with E-state index in [-0.39, 0.29) is 16.6 Å². The van der Waals surface area contributed by atoms with E-state index in [1.54, 1.807) is 6.07 Å². The molecular weight excluding hydrogens is 373 g/mol. The van der Waals surface area contributed by atoms with Crippen LogP contribution in [0.15, 0.2) is 30.0 Å². The van der Waals surface area contributed by atoms with Crippen molar-refractivity contribution >= 4 is 5.91 Å². The first kappa shape index (κ1) is 22.1. The predicted octanol–water partition coefficient (Wildman–Crippen LogP) is 4.17. The fourth-order valence-electron chi connectivity index (χ4n) is 2.97. The minimum atomic E-state index is -5.05. The van der Waals surface area contributed by atoms with Crippen molar-refractivity contribution in [2.24, 2.45) is 0 Å². The average molecular weight is 400 g/mol. The number of aliphatic hydroxyl groups is 1. The maximum absolute atomic E-state index is 13.5. The minimum absolute atomic E-state index is 0.116. The van der Waals surface area contributed by atoms with Crippen molar-refractivity contribution in [3.8, 4) is 5.75 Å². The van der Waals surface area contributed by atoms with Crippen LogP contribution in [0.5, 0.6) is 5.75 Å². The Hall–Kier alpha value is -2.22. The number of hydrazine groups is 1. The van der Waals surface area contributed by atoms with Crippen LogP contribution in [0.3, 0.4) is 0 Å². The molecule has 1 aromatic rings. The number of aryl methyl sites for hydroxylation is 1. The summed E-state index contributed by atoms with van der Waals surface area (Å²) in [7, 11) is 0. The SMILES string of the molecule is CCCCC1=C[C@@](O)(C(F)(F)F)N(C(=O)COc2cc(C)ccc2C(C)C)N1. The van der Waals surface area contributed by atoms with Gasteiger partial charge in [0.05, 0.1) is 0 Å². The molecule has 1 heterocycles. The number of ether oxygens (including phenoxy) is 1. The summed E-state index contributed by atoms with van der Waals surface area (Å²) in [4.78, 5) is 12.5. The van der Waals surface area contributed by atoms with Gasteiger partial charge >= 0.3 is 6.18 Å². The molecule has 1 amide bonds.